The third-order valence-corrected chi connectivity index (χ3v) is 6.12. The number of aliphatic imine (C=N–C) groups is 1. The van der Waals surface area contributed by atoms with E-state index in [1.165, 1.54) is 0 Å². The van der Waals surface area contributed by atoms with Crippen molar-refractivity contribution in [3.8, 4) is 11.3 Å². The van der Waals surface area contributed by atoms with E-state index in [1.807, 2.05) is 59.8 Å². The maximum Gasteiger partial charge on any atom is 0.253 e. The summed E-state index contributed by atoms with van der Waals surface area (Å²) in [5, 5.41) is 3.28. The summed E-state index contributed by atoms with van der Waals surface area (Å²) in [5.41, 5.74) is 5.42. The minimum Gasteiger partial charge on any atom is -0.337 e. The third kappa shape index (κ3) is 3.99. The number of likely N-dealkylation sites (tertiary alicyclic amines) is 1. The number of aromatic nitrogens is 2. The average molecular weight is 427 g/mol. The fourth-order valence-electron chi connectivity index (χ4n) is 4.27. The van der Waals surface area contributed by atoms with Gasteiger partial charge in [0.05, 0.1) is 12.2 Å². The Morgan fingerprint density at radius 3 is 2.88 bits per heavy atom. The standard InChI is InChI=1S/C25H26N6O/c1-30(2)21-10-11-31(16-21)24(32)17-7-5-8-20(12-17)28-25-27-15-19-14-26-13-18-6-3-4-9-22(18)23(19)29-25/h3-9,12-13,15,21H,10-11,14,16H2,1-2H3,(H,27,28,29). The average Bonchev–Trinajstić information content (AvgIpc) is 3.23. The number of anilines is 2. The summed E-state index contributed by atoms with van der Waals surface area (Å²) in [6, 6.07) is 16.1. The van der Waals surface area contributed by atoms with Crippen molar-refractivity contribution in [1.29, 1.82) is 0 Å². The van der Waals surface area contributed by atoms with Gasteiger partial charge in [0.25, 0.3) is 5.91 Å². The zero-order chi connectivity index (χ0) is 22.1. The highest BCUT2D eigenvalue weighted by Crippen LogP contribution is 2.29. The Morgan fingerprint density at radius 2 is 2.03 bits per heavy atom. The summed E-state index contributed by atoms with van der Waals surface area (Å²) >= 11 is 0. The predicted molar refractivity (Wildman–Crippen MR) is 126 cm³/mol. The van der Waals surface area contributed by atoms with Crippen LogP contribution in [0.25, 0.3) is 11.3 Å². The number of hydrogen-bond acceptors (Lipinski definition) is 6. The van der Waals surface area contributed by atoms with Crippen LogP contribution >= 0.6 is 0 Å². The SMILES string of the molecule is CN(C)C1CCN(C(=O)c2cccc(Nc3ncc4c(n3)-c3ccccc3C=NC4)c2)C1. The molecule has 0 saturated carbocycles. The van der Waals surface area contributed by atoms with E-state index >= 15 is 0 Å². The van der Waals surface area contributed by atoms with E-state index in [0.717, 1.165) is 47.6 Å². The highest BCUT2D eigenvalue weighted by molar-refractivity contribution is 5.95. The van der Waals surface area contributed by atoms with Gasteiger partial charge in [-0.25, -0.2) is 9.97 Å². The van der Waals surface area contributed by atoms with Crippen LogP contribution in [-0.4, -0.2) is 65.1 Å². The predicted octanol–water partition coefficient (Wildman–Crippen LogP) is 3.60. The zero-order valence-electron chi connectivity index (χ0n) is 18.3. The van der Waals surface area contributed by atoms with Crippen molar-refractivity contribution in [2.24, 2.45) is 4.99 Å². The van der Waals surface area contributed by atoms with Gasteiger partial charge in [-0.15, -0.1) is 0 Å². The summed E-state index contributed by atoms with van der Waals surface area (Å²) in [5.74, 6) is 0.561. The lowest BCUT2D eigenvalue weighted by Gasteiger charge is -2.20. The van der Waals surface area contributed by atoms with E-state index in [1.54, 1.807) is 0 Å². The number of hydrogen-bond donors (Lipinski definition) is 1. The van der Waals surface area contributed by atoms with Crippen molar-refractivity contribution in [2.45, 2.75) is 19.0 Å². The van der Waals surface area contributed by atoms with Crippen molar-refractivity contribution in [1.82, 2.24) is 19.8 Å². The van der Waals surface area contributed by atoms with Crippen molar-refractivity contribution in [3.05, 3.63) is 71.4 Å². The van der Waals surface area contributed by atoms with Crippen molar-refractivity contribution < 1.29 is 4.79 Å². The van der Waals surface area contributed by atoms with Crippen molar-refractivity contribution in [2.75, 3.05) is 32.5 Å². The molecule has 7 nitrogen and oxygen atoms in total. The summed E-state index contributed by atoms with van der Waals surface area (Å²) in [6.07, 6.45) is 4.72. The molecule has 2 aromatic carbocycles. The van der Waals surface area contributed by atoms with Crippen LogP contribution in [0.3, 0.4) is 0 Å². The van der Waals surface area contributed by atoms with E-state index in [0.29, 0.717) is 24.1 Å². The minimum absolute atomic E-state index is 0.0620. The van der Waals surface area contributed by atoms with Crippen LogP contribution in [-0.2, 0) is 6.54 Å². The molecular formula is C25H26N6O. The number of carbonyl (C=O) groups is 1. The number of amides is 1. The van der Waals surface area contributed by atoms with Gasteiger partial charge in [0.1, 0.15) is 0 Å². The molecule has 3 aromatic rings. The number of nitrogens with zero attached hydrogens (tertiary/aromatic N) is 5. The lowest BCUT2D eigenvalue weighted by atomic mass is 10.0. The molecule has 1 N–H and O–H groups in total. The Labute approximate surface area is 187 Å². The van der Waals surface area contributed by atoms with Gasteiger partial charge in [-0.3, -0.25) is 9.79 Å². The van der Waals surface area contributed by atoms with E-state index in [-0.39, 0.29) is 5.91 Å². The molecule has 2 aliphatic rings. The molecule has 162 valence electrons. The Hall–Kier alpha value is -3.58. The summed E-state index contributed by atoms with van der Waals surface area (Å²) < 4.78 is 0. The fraction of sp³-hybridized carbons (Fsp3) is 0.280. The summed E-state index contributed by atoms with van der Waals surface area (Å²) in [6.45, 7) is 2.10. The first-order valence-electron chi connectivity index (χ1n) is 10.9. The highest BCUT2D eigenvalue weighted by atomic mass is 16.2. The third-order valence-electron chi connectivity index (χ3n) is 6.12. The summed E-state index contributed by atoms with van der Waals surface area (Å²) in [4.78, 5) is 30.9. The normalized spacial score (nSPS) is 17.1. The lowest BCUT2D eigenvalue weighted by Crippen LogP contribution is -2.34. The smallest absolute Gasteiger partial charge is 0.253 e. The van der Waals surface area contributed by atoms with Crippen LogP contribution in [0, 0.1) is 0 Å². The van der Waals surface area contributed by atoms with E-state index in [4.69, 9.17) is 4.98 Å². The van der Waals surface area contributed by atoms with Crippen LogP contribution in [0.1, 0.15) is 27.9 Å². The monoisotopic (exact) mass is 426 g/mol. The molecule has 0 radical (unpaired) electrons. The number of fused-ring (bicyclic) bond motifs is 3. The molecule has 1 atom stereocenters. The zero-order valence-corrected chi connectivity index (χ0v) is 18.3. The second-order valence-corrected chi connectivity index (χ2v) is 8.49. The minimum atomic E-state index is 0.0620. The molecule has 0 spiro atoms. The van der Waals surface area contributed by atoms with Gasteiger partial charge in [0, 0.05) is 59.5 Å². The number of benzene rings is 2. The molecule has 5 rings (SSSR count). The van der Waals surface area contributed by atoms with Gasteiger partial charge >= 0.3 is 0 Å². The molecule has 0 bridgehead atoms. The summed E-state index contributed by atoms with van der Waals surface area (Å²) in [7, 11) is 4.13. The molecule has 1 amide bonds. The Balaban J connectivity index is 1.38. The number of nitrogens with one attached hydrogen (secondary N) is 1. The van der Waals surface area contributed by atoms with E-state index in [2.05, 4.69) is 40.4 Å². The van der Waals surface area contributed by atoms with Gasteiger partial charge in [-0.1, -0.05) is 30.3 Å². The van der Waals surface area contributed by atoms with Gasteiger partial charge < -0.3 is 15.1 Å². The van der Waals surface area contributed by atoms with Crippen LogP contribution in [0.5, 0.6) is 0 Å². The van der Waals surface area contributed by atoms with Gasteiger partial charge in [0.2, 0.25) is 5.95 Å². The number of rotatable bonds is 4. The first-order chi connectivity index (χ1) is 15.6. The molecule has 2 aliphatic heterocycles. The molecule has 32 heavy (non-hydrogen) atoms. The molecule has 0 aliphatic carbocycles. The molecule has 1 fully saturated rings. The molecule has 1 saturated heterocycles. The first kappa shape index (κ1) is 20.3. The topological polar surface area (TPSA) is 73.7 Å². The second-order valence-electron chi connectivity index (χ2n) is 8.49. The van der Waals surface area contributed by atoms with Crippen molar-refractivity contribution >= 4 is 23.8 Å². The van der Waals surface area contributed by atoms with Gasteiger partial charge in [-0.05, 0) is 38.7 Å². The number of carbonyl (C=O) groups excluding carboxylic acids is 1. The molecular weight excluding hydrogens is 400 g/mol. The van der Waals surface area contributed by atoms with Gasteiger partial charge in [0.15, 0.2) is 0 Å². The maximum atomic E-state index is 13.0. The van der Waals surface area contributed by atoms with Crippen molar-refractivity contribution in [3.63, 3.8) is 0 Å². The fourth-order valence-corrected chi connectivity index (χ4v) is 4.27. The molecule has 7 heteroatoms. The van der Waals surface area contributed by atoms with Crippen LogP contribution in [0.15, 0.2) is 59.7 Å². The molecule has 1 unspecified atom stereocenters. The van der Waals surface area contributed by atoms with E-state index in [9.17, 15) is 4.79 Å². The Bertz CT molecular complexity index is 1190. The maximum absolute atomic E-state index is 13.0. The Kier molecular flexibility index (Phi) is 5.41. The molecule has 1 aromatic heterocycles. The van der Waals surface area contributed by atoms with Crippen LogP contribution in [0.4, 0.5) is 11.6 Å². The van der Waals surface area contributed by atoms with Crippen LogP contribution in [0.2, 0.25) is 0 Å². The highest BCUT2D eigenvalue weighted by Gasteiger charge is 2.28. The number of likely N-dealkylation sites (N-methyl/N-ethyl adjacent to an activating group) is 1. The Morgan fingerprint density at radius 1 is 1.16 bits per heavy atom. The van der Waals surface area contributed by atoms with Gasteiger partial charge in [-0.2, -0.15) is 0 Å². The first-order valence-corrected chi connectivity index (χ1v) is 10.9. The quantitative estimate of drug-likeness (QED) is 0.690. The van der Waals surface area contributed by atoms with E-state index < -0.39 is 0 Å². The van der Waals surface area contributed by atoms with Crippen LogP contribution < -0.4 is 5.32 Å². The molecule has 3 heterocycles. The largest absolute Gasteiger partial charge is 0.337 e. The lowest BCUT2D eigenvalue weighted by molar-refractivity contribution is 0.0783. The second kappa shape index (κ2) is 8.51.